The zero-order valence-electron chi connectivity index (χ0n) is 16.4. The molecule has 2 nitrogen and oxygen atoms in total. The molecule has 0 bridgehead atoms. The third kappa shape index (κ3) is 4.12. The lowest BCUT2D eigenvalue weighted by Gasteiger charge is -2.54. The van der Waals surface area contributed by atoms with Gasteiger partial charge in [-0.05, 0) is 101 Å². The monoisotopic (exact) mass is 320 g/mol. The van der Waals surface area contributed by atoms with E-state index >= 15 is 0 Å². The first-order chi connectivity index (χ1) is 10.8. The number of nitrogens with zero attached hydrogens (tertiary/aromatic N) is 2. The van der Waals surface area contributed by atoms with Gasteiger partial charge in [-0.3, -0.25) is 0 Å². The van der Waals surface area contributed by atoms with Crippen molar-refractivity contribution in [1.82, 2.24) is 9.80 Å². The van der Waals surface area contributed by atoms with Crippen LogP contribution in [0.15, 0.2) is 0 Å². The van der Waals surface area contributed by atoms with E-state index < -0.39 is 0 Å². The minimum Gasteiger partial charge on any atom is -0.303 e. The highest BCUT2D eigenvalue weighted by Gasteiger charge is 2.46. The van der Waals surface area contributed by atoms with E-state index in [1.165, 1.54) is 71.2 Å². The molecule has 23 heavy (non-hydrogen) atoms. The number of piperidine rings is 2. The predicted octanol–water partition coefficient (Wildman–Crippen LogP) is 4.65. The van der Waals surface area contributed by atoms with Gasteiger partial charge in [-0.15, -0.1) is 0 Å². The largest absolute Gasteiger partial charge is 0.303 e. The van der Waals surface area contributed by atoms with Gasteiger partial charge in [-0.1, -0.05) is 20.8 Å². The van der Waals surface area contributed by atoms with Crippen LogP contribution in [0.5, 0.6) is 0 Å². The molecular weight excluding hydrogens is 280 g/mol. The lowest BCUT2D eigenvalue weighted by Crippen LogP contribution is -2.51. The molecule has 2 heteroatoms. The van der Waals surface area contributed by atoms with Crippen molar-refractivity contribution in [3.8, 4) is 0 Å². The summed E-state index contributed by atoms with van der Waals surface area (Å²) in [5.74, 6) is 1.94. The maximum atomic E-state index is 2.78. The van der Waals surface area contributed by atoms with Crippen LogP contribution in [-0.4, -0.2) is 48.6 Å². The van der Waals surface area contributed by atoms with Gasteiger partial charge in [0, 0.05) is 12.6 Å². The van der Waals surface area contributed by atoms with Gasteiger partial charge in [0.25, 0.3) is 0 Å². The zero-order chi connectivity index (χ0) is 16.7. The maximum Gasteiger partial charge on any atom is 0.00385 e. The number of hydrogen-bond donors (Lipinski definition) is 0. The fraction of sp³-hybridized carbons (Fsp3) is 1.00. The van der Waals surface area contributed by atoms with Crippen molar-refractivity contribution < 1.29 is 0 Å². The van der Waals surface area contributed by atoms with Gasteiger partial charge in [0.1, 0.15) is 0 Å². The van der Waals surface area contributed by atoms with Crippen LogP contribution in [-0.2, 0) is 0 Å². The van der Waals surface area contributed by atoms with Gasteiger partial charge in [0.2, 0.25) is 0 Å². The summed E-state index contributed by atoms with van der Waals surface area (Å²) in [6.45, 7) is 18.8. The summed E-state index contributed by atoms with van der Waals surface area (Å²) in [6.07, 6.45) is 8.83. The standard InChI is InChI=1S/C21H40N2/c1-17(2)23-12-8-21(9-13-23)14-18(15-21)16-22-10-6-19(7-11-22)20(3,4)5/h17-19H,6-16H2,1-5H3. The summed E-state index contributed by atoms with van der Waals surface area (Å²) in [5.41, 5.74) is 1.26. The van der Waals surface area contributed by atoms with Crippen LogP contribution in [0, 0.1) is 22.7 Å². The molecule has 3 fully saturated rings. The van der Waals surface area contributed by atoms with Crippen LogP contribution >= 0.6 is 0 Å². The van der Waals surface area contributed by atoms with Gasteiger partial charge >= 0.3 is 0 Å². The summed E-state index contributed by atoms with van der Waals surface area (Å²) in [7, 11) is 0. The molecule has 0 aromatic rings. The van der Waals surface area contributed by atoms with Gasteiger partial charge in [0.15, 0.2) is 0 Å². The lowest BCUT2D eigenvalue weighted by atomic mass is 9.57. The third-order valence-electron chi connectivity index (χ3n) is 7.36. The molecule has 0 aromatic heterocycles. The summed E-state index contributed by atoms with van der Waals surface area (Å²) in [4.78, 5) is 5.46. The van der Waals surface area contributed by atoms with Crippen molar-refractivity contribution in [2.24, 2.45) is 22.7 Å². The Morgan fingerprint density at radius 1 is 0.957 bits per heavy atom. The first-order valence-electron chi connectivity index (χ1n) is 10.2. The average molecular weight is 321 g/mol. The van der Waals surface area contributed by atoms with E-state index in [0.29, 0.717) is 5.41 Å². The molecule has 2 heterocycles. The topological polar surface area (TPSA) is 6.48 Å². The quantitative estimate of drug-likeness (QED) is 0.747. The van der Waals surface area contributed by atoms with Crippen LogP contribution in [0.3, 0.4) is 0 Å². The molecule has 2 saturated heterocycles. The second-order valence-electron chi connectivity index (χ2n) is 10.3. The van der Waals surface area contributed by atoms with Crippen molar-refractivity contribution in [2.45, 2.75) is 79.2 Å². The molecule has 2 aliphatic heterocycles. The normalized spacial score (nSPS) is 28.4. The van der Waals surface area contributed by atoms with E-state index in [4.69, 9.17) is 0 Å². The molecule has 0 aromatic carbocycles. The maximum absolute atomic E-state index is 2.78. The van der Waals surface area contributed by atoms with Crippen molar-refractivity contribution in [2.75, 3.05) is 32.7 Å². The summed E-state index contributed by atoms with van der Waals surface area (Å²) < 4.78 is 0. The van der Waals surface area contributed by atoms with Gasteiger partial charge < -0.3 is 9.80 Å². The van der Waals surface area contributed by atoms with Crippen molar-refractivity contribution in [3.63, 3.8) is 0 Å². The fourth-order valence-electron chi connectivity index (χ4n) is 5.56. The van der Waals surface area contributed by atoms with Crippen molar-refractivity contribution in [3.05, 3.63) is 0 Å². The number of hydrogen-bond acceptors (Lipinski definition) is 2. The number of likely N-dealkylation sites (tertiary alicyclic amines) is 2. The van der Waals surface area contributed by atoms with Crippen LogP contribution in [0.25, 0.3) is 0 Å². The molecule has 1 saturated carbocycles. The zero-order valence-corrected chi connectivity index (χ0v) is 16.4. The Morgan fingerprint density at radius 2 is 1.52 bits per heavy atom. The first-order valence-corrected chi connectivity index (χ1v) is 10.2. The highest BCUT2D eigenvalue weighted by molar-refractivity contribution is 4.98. The fourth-order valence-corrected chi connectivity index (χ4v) is 5.56. The van der Waals surface area contributed by atoms with Gasteiger partial charge in [-0.2, -0.15) is 0 Å². The minimum absolute atomic E-state index is 0.511. The van der Waals surface area contributed by atoms with Gasteiger partial charge in [-0.25, -0.2) is 0 Å². The molecule has 0 atom stereocenters. The minimum atomic E-state index is 0.511. The Kier molecular flexibility index (Phi) is 5.14. The van der Waals surface area contributed by atoms with Crippen LogP contribution in [0.2, 0.25) is 0 Å². The molecule has 3 aliphatic rings. The van der Waals surface area contributed by atoms with E-state index in [0.717, 1.165) is 23.3 Å². The third-order valence-corrected chi connectivity index (χ3v) is 7.36. The summed E-state index contributed by atoms with van der Waals surface area (Å²) in [5, 5.41) is 0. The highest BCUT2D eigenvalue weighted by Crippen LogP contribution is 2.53. The van der Waals surface area contributed by atoms with Gasteiger partial charge in [0.05, 0.1) is 0 Å². The molecule has 3 rings (SSSR count). The van der Waals surface area contributed by atoms with Crippen LogP contribution in [0.1, 0.15) is 73.1 Å². The van der Waals surface area contributed by atoms with Crippen LogP contribution < -0.4 is 0 Å². The Morgan fingerprint density at radius 3 is 2.00 bits per heavy atom. The smallest absolute Gasteiger partial charge is 0.00385 e. The highest BCUT2D eigenvalue weighted by atomic mass is 15.2. The van der Waals surface area contributed by atoms with E-state index in [9.17, 15) is 0 Å². The predicted molar refractivity (Wildman–Crippen MR) is 99.7 cm³/mol. The molecular formula is C21H40N2. The van der Waals surface area contributed by atoms with Crippen molar-refractivity contribution >= 4 is 0 Å². The molecule has 134 valence electrons. The second kappa shape index (κ2) is 6.67. The Labute approximate surface area is 145 Å². The molecule has 1 spiro atoms. The Bertz CT molecular complexity index is 371. The van der Waals surface area contributed by atoms with Crippen molar-refractivity contribution in [1.29, 1.82) is 0 Å². The van der Waals surface area contributed by atoms with Crippen LogP contribution in [0.4, 0.5) is 0 Å². The molecule has 0 N–H and O–H groups in total. The van der Waals surface area contributed by atoms with E-state index in [1.54, 1.807) is 0 Å². The Balaban J connectivity index is 1.37. The molecule has 0 unspecified atom stereocenters. The second-order valence-corrected chi connectivity index (χ2v) is 10.3. The molecule has 0 amide bonds. The summed E-state index contributed by atoms with van der Waals surface area (Å²) in [6, 6.07) is 0.743. The molecule has 0 radical (unpaired) electrons. The number of rotatable bonds is 3. The van der Waals surface area contributed by atoms with E-state index in [2.05, 4.69) is 44.4 Å². The summed E-state index contributed by atoms with van der Waals surface area (Å²) >= 11 is 0. The Hall–Kier alpha value is -0.0800. The van der Waals surface area contributed by atoms with E-state index in [-0.39, 0.29) is 0 Å². The lowest BCUT2D eigenvalue weighted by molar-refractivity contribution is -0.0366. The molecule has 1 aliphatic carbocycles. The van der Waals surface area contributed by atoms with E-state index in [1.807, 2.05) is 0 Å². The first kappa shape index (κ1) is 17.7. The average Bonchev–Trinajstić information content (AvgIpc) is 2.46. The SMILES string of the molecule is CC(C)N1CCC2(CC1)CC(CN1CCC(C(C)(C)C)CC1)C2.